The smallest absolute Gasteiger partial charge is 0.340 e. The summed E-state index contributed by atoms with van der Waals surface area (Å²) in [7, 11) is 0. The Morgan fingerprint density at radius 2 is 1.34 bits per heavy atom. The fourth-order valence-electron chi connectivity index (χ4n) is 3.64. The molecule has 1 unspecified atom stereocenters. The first-order valence-electron chi connectivity index (χ1n) is 9.68. The van der Waals surface area contributed by atoms with Crippen molar-refractivity contribution in [3.8, 4) is 0 Å². The van der Waals surface area contributed by atoms with Crippen molar-refractivity contribution in [1.29, 1.82) is 0 Å². The van der Waals surface area contributed by atoms with E-state index in [2.05, 4.69) is 6.07 Å². The Balaban J connectivity index is 1.71. The standard InChI is InChI=1S/C26H22O3/c1-16-12-13-21(14-17(16)2)25(27)18(3)29-26(28)24-22-10-6-4-8-19(22)15-20-9-5-7-11-23(20)24/h4-15,18H,1-3H3. The van der Waals surface area contributed by atoms with Crippen LogP contribution in [-0.4, -0.2) is 17.9 Å². The SMILES string of the molecule is Cc1ccc(C(=O)C(C)OC(=O)c2c3ccccc3cc3ccccc23)cc1C. The summed E-state index contributed by atoms with van der Waals surface area (Å²) in [5.41, 5.74) is 3.21. The zero-order chi connectivity index (χ0) is 20.5. The Labute approximate surface area is 169 Å². The molecule has 0 amide bonds. The summed E-state index contributed by atoms with van der Waals surface area (Å²) < 4.78 is 5.65. The quantitative estimate of drug-likeness (QED) is 0.246. The van der Waals surface area contributed by atoms with Crippen LogP contribution >= 0.6 is 0 Å². The molecule has 0 aliphatic carbocycles. The normalized spacial score (nSPS) is 12.1. The lowest BCUT2D eigenvalue weighted by Gasteiger charge is -2.16. The summed E-state index contributed by atoms with van der Waals surface area (Å²) in [5.74, 6) is -0.686. The van der Waals surface area contributed by atoms with Crippen molar-refractivity contribution in [1.82, 2.24) is 0 Å². The van der Waals surface area contributed by atoms with E-state index in [1.165, 1.54) is 0 Å². The molecule has 4 aromatic carbocycles. The van der Waals surface area contributed by atoms with Gasteiger partial charge < -0.3 is 4.74 Å². The number of rotatable bonds is 4. The fourth-order valence-corrected chi connectivity index (χ4v) is 3.64. The van der Waals surface area contributed by atoms with Crippen LogP contribution < -0.4 is 0 Å². The largest absolute Gasteiger partial charge is 0.451 e. The van der Waals surface area contributed by atoms with Crippen molar-refractivity contribution in [3.63, 3.8) is 0 Å². The Hall–Kier alpha value is -3.46. The summed E-state index contributed by atoms with van der Waals surface area (Å²) in [6.07, 6.45) is -0.873. The minimum atomic E-state index is -0.873. The summed E-state index contributed by atoms with van der Waals surface area (Å²) in [4.78, 5) is 26.0. The fraction of sp³-hybridized carbons (Fsp3) is 0.154. The molecule has 144 valence electrons. The van der Waals surface area contributed by atoms with Gasteiger partial charge in [0.15, 0.2) is 6.10 Å². The number of hydrogen-bond acceptors (Lipinski definition) is 3. The average molecular weight is 382 g/mol. The minimum absolute atomic E-state index is 0.203. The van der Waals surface area contributed by atoms with E-state index in [1.807, 2.05) is 74.5 Å². The topological polar surface area (TPSA) is 43.4 Å². The van der Waals surface area contributed by atoms with E-state index in [0.29, 0.717) is 11.1 Å². The molecule has 0 heterocycles. The van der Waals surface area contributed by atoms with Crippen LogP contribution in [0.25, 0.3) is 21.5 Å². The van der Waals surface area contributed by atoms with Gasteiger partial charge in [0, 0.05) is 5.56 Å². The van der Waals surface area contributed by atoms with Crippen LogP contribution in [0.3, 0.4) is 0 Å². The van der Waals surface area contributed by atoms with Crippen molar-refractivity contribution in [2.24, 2.45) is 0 Å². The molecule has 0 N–H and O–H groups in total. The second-order valence-corrected chi connectivity index (χ2v) is 7.40. The van der Waals surface area contributed by atoms with E-state index in [-0.39, 0.29) is 5.78 Å². The highest BCUT2D eigenvalue weighted by Crippen LogP contribution is 2.29. The first-order valence-corrected chi connectivity index (χ1v) is 9.68. The van der Waals surface area contributed by atoms with Crippen molar-refractivity contribution in [2.75, 3.05) is 0 Å². The van der Waals surface area contributed by atoms with E-state index in [4.69, 9.17) is 4.74 Å². The zero-order valence-electron chi connectivity index (χ0n) is 16.7. The van der Waals surface area contributed by atoms with Crippen molar-refractivity contribution in [2.45, 2.75) is 26.9 Å². The maximum atomic E-state index is 13.2. The predicted octanol–water partition coefficient (Wildman–Crippen LogP) is 6.04. The number of ether oxygens (including phenoxy) is 1. The molecule has 0 aromatic heterocycles. The van der Waals surface area contributed by atoms with Crippen LogP contribution in [0, 0.1) is 13.8 Å². The molecule has 0 spiro atoms. The van der Waals surface area contributed by atoms with Gasteiger partial charge in [-0.25, -0.2) is 4.79 Å². The maximum absolute atomic E-state index is 13.2. The Bertz CT molecular complexity index is 1200. The second kappa shape index (κ2) is 7.51. The molecule has 0 aliphatic rings. The third-order valence-electron chi connectivity index (χ3n) is 5.42. The third-order valence-corrected chi connectivity index (χ3v) is 5.42. The highest BCUT2D eigenvalue weighted by molar-refractivity contribution is 6.17. The lowest BCUT2D eigenvalue weighted by Crippen LogP contribution is -2.24. The Morgan fingerprint density at radius 1 is 0.759 bits per heavy atom. The molecule has 3 nitrogen and oxygen atoms in total. The number of hydrogen-bond donors (Lipinski definition) is 0. The summed E-state index contributed by atoms with van der Waals surface area (Å²) in [6.45, 7) is 5.59. The Kier molecular flexibility index (Phi) is 4.89. The molecule has 0 aliphatic heterocycles. The van der Waals surface area contributed by atoms with Crippen LogP contribution in [0.2, 0.25) is 0 Å². The molecule has 4 rings (SSSR count). The Morgan fingerprint density at radius 3 is 1.93 bits per heavy atom. The molecule has 0 saturated carbocycles. The van der Waals surface area contributed by atoms with Crippen LogP contribution in [0.5, 0.6) is 0 Å². The number of carbonyl (C=O) groups excluding carboxylic acids is 2. The van der Waals surface area contributed by atoms with Gasteiger partial charge in [-0.15, -0.1) is 0 Å². The second-order valence-electron chi connectivity index (χ2n) is 7.40. The molecule has 0 bridgehead atoms. The minimum Gasteiger partial charge on any atom is -0.451 e. The van der Waals surface area contributed by atoms with Gasteiger partial charge >= 0.3 is 5.97 Å². The van der Waals surface area contributed by atoms with Gasteiger partial charge in [0.25, 0.3) is 0 Å². The molecule has 4 aromatic rings. The van der Waals surface area contributed by atoms with Gasteiger partial charge in [0.05, 0.1) is 5.56 Å². The van der Waals surface area contributed by atoms with Crippen LogP contribution in [-0.2, 0) is 4.74 Å². The lowest BCUT2D eigenvalue weighted by molar-refractivity contribution is 0.0322. The lowest BCUT2D eigenvalue weighted by atomic mass is 9.96. The van der Waals surface area contributed by atoms with Gasteiger partial charge in [-0.05, 0) is 65.6 Å². The number of benzene rings is 4. The first kappa shape index (κ1) is 18.9. The van der Waals surface area contributed by atoms with Crippen LogP contribution in [0.15, 0.2) is 72.8 Å². The first-order chi connectivity index (χ1) is 14.0. The molecule has 0 saturated heterocycles. The number of Topliss-reactive ketones (excluding diaryl/α,β-unsaturated/α-hetero) is 1. The summed E-state index contributed by atoms with van der Waals surface area (Å²) in [5, 5.41) is 3.57. The van der Waals surface area contributed by atoms with Crippen LogP contribution in [0.1, 0.15) is 38.8 Å². The monoisotopic (exact) mass is 382 g/mol. The van der Waals surface area contributed by atoms with E-state index >= 15 is 0 Å². The number of esters is 1. The van der Waals surface area contributed by atoms with Crippen molar-refractivity contribution < 1.29 is 14.3 Å². The van der Waals surface area contributed by atoms with Crippen molar-refractivity contribution in [3.05, 3.63) is 95.1 Å². The van der Waals surface area contributed by atoms with E-state index in [1.54, 1.807) is 13.0 Å². The van der Waals surface area contributed by atoms with Gasteiger partial charge in [-0.2, -0.15) is 0 Å². The molecule has 3 heteroatoms. The van der Waals surface area contributed by atoms with Gasteiger partial charge in [0.2, 0.25) is 5.78 Å². The van der Waals surface area contributed by atoms with E-state index < -0.39 is 12.1 Å². The number of carbonyl (C=O) groups is 2. The van der Waals surface area contributed by atoms with Gasteiger partial charge in [0.1, 0.15) is 0 Å². The van der Waals surface area contributed by atoms with E-state index in [0.717, 1.165) is 32.7 Å². The van der Waals surface area contributed by atoms with E-state index in [9.17, 15) is 9.59 Å². The van der Waals surface area contributed by atoms with Crippen LogP contribution in [0.4, 0.5) is 0 Å². The number of ketones is 1. The highest BCUT2D eigenvalue weighted by Gasteiger charge is 2.23. The molecular weight excluding hydrogens is 360 g/mol. The van der Waals surface area contributed by atoms with Gasteiger partial charge in [-0.3, -0.25) is 4.79 Å². The predicted molar refractivity (Wildman–Crippen MR) is 117 cm³/mol. The van der Waals surface area contributed by atoms with Crippen molar-refractivity contribution >= 4 is 33.3 Å². The van der Waals surface area contributed by atoms with Gasteiger partial charge in [-0.1, -0.05) is 60.7 Å². The summed E-state index contributed by atoms with van der Waals surface area (Å²) in [6, 6.07) is 23.1. The summed E-state index contributed by atoms with van der Waals surface area (Å²) >= 11 is 0. The molecular formula is C26H22O3. The molecule has 0 fully saturated rings. The maximum Gasteiger partial charge on any atom is 0.340 e. The number of fused-ring (bicyclic) bond motifs is 2. The molecule has 1 atom stereocenters. The highest BCUT2D eigenvalue weighted by atomic mass is 16.5. The molecule has 29 heavy (non-hydrogen) atoms. The molecule has 0 radical (unpaired) electrons. The zero-order valence-corrected chi connectivity index (χ0v) is 16.7. The average Bonchev–Trinajstić information content (AvgIpc) is 2.73. The third kappa shape index (κ3) is 3.52. The number of aryl methyl sites for hydroxylation is 2.